The maximum atomic E-state index is 12.9. The summed E-state index contributed by atoms with van der Waals surface area (Å²) >= 11 is 0. The zero-order valence-corrected chi connectivity index (χ0v) is 22.5. The molecular formula is C29H32N4O7. The van der Waals surface area contributed by atoms with Crippen LogP contribution in [0.4, 0.5) is 27.5 Å². The first-order valence-electron chi connectivity index (χ1n) is 12.6. The van der Waals surface area contributed by atoms with Crippen molar-refractivity contribution in [3.63, 3.8) is 0 Å². The number of benzene rings is 3. The fraction of sp³-hybridized carbons (Fsp3) is 0.276. The monoisotopic (exact) mass is 548 g/mol. The first-order chi connectivity index (χ1) is 19.0. The minimum atomic E-state index is -1.17. The predicted molar refractivity (Wildman–Crippen MR) is 150 cm³/mol. The highest BCUT2D eigenvalue weighted by Crippen LogP contribution is 2.30. The average Bonchev–Trinajstić information content (AvgIpc) is 2.90. The fourth-order valence-electron chi connectivity index (χ4n) is 3.55. The van der Waals surface area contributed by atoms with Crippen molar-refractivity contribution in [2.45, 2.75) is 51.9 Å². The molecular weight excluding hydrogens is 516 g/mol. The van der Waals surface area contributed by atoms with Crippen LogP contribution >= 0.6 is 0 Å². The maximum Gasteiger partial charge on any atom is 0.408 e. The van der Waals surface area contributed by atoms with Crippen molar-refractivity contribution in [1.82, 2.24) is 5.32 Å². The number of para-hydroxylation sites is 1. The van der Waals surface area contributed by atoms with Gasteiger partial charge in [-0.25, -0.2) is 9.59 Å². The molecule has 2 amide bonds. The predicted octanol–water partition coefficient (Wildman–Crippen LogP) is 5.69. The zero-order valence-electron chi connectivity index (χ0n) is 22.5. The normalized spacial score (nSPS) is 11.6. The van der Waals surface area contributed by atoms with Crippen LogP contribution in [0.15, 0.2) is 78.9 Å². The van der Waals surface area contributed by atoms with E-state index in [0.717, 1.165) is 11.3 Å². The van der Waals surface area contributed by atoms with E-state index < -0.39 is 34.5 Å². The summed E-state index contributed by atoms with van der Waals surface area (Å²) in [5.41, 5.74) is 1.10. The lowest BCUT2D eigenvalue weighted by molar-refractivity contribution is -0.384. The molecule has 0 aromatic heterocycles. The van der Waals surface area contributed by atoms with Gasteiger partial charge in [0, 0.05) is 24.2 Å². The van der Waals surface area contributed by atoms with Gasteiger partial charge in [-0.2, -0.15) is 0 Å². The summed E-state index contributed by atoms with van der Waals surface area (Å²) < 4.78 is 10.6. The number of hydrogen-bond acceptors (Lipinski definition) is 8. The molecule has 3 aromatic rings. The second-order valence-electron chi connectivity index (χ2n) is 9.86. The summed E-state index contributed by atoms with van der Waals surface area (Å²) in [6.07, 6.45) is -1.13. The van der Waals surface area contributed by atoms with E-state index in [4.69, 9.17) is 9.47 Å². The number of non-ortho nitro benzene ring substituents is 1. The number of nitro groups is 1. The number of rotatable bonds is 11. The van der Waals surface area contributed by atoms with Gasteiger partial charge < -0.3 is 25.4 Å². The van der Waals surface area contributed by atoms with Crippen molar-refractivity contribution in [3.05, 3.63) is 94.5 Å². The SMILES string of the molecule is CC(C)(C)OC(=O)NC(CCC(=O)Nc1cc([N+](=O)[O-])ccc1Nc1ccccc1)C(=O)OCc1ccccc1. The highest BCUT2D eigenvalue weighted by atomic mass is 16.6. The lowest BCUT2D eigenvalue weighted by Crippen LogP contribution is -2.44. The van der Waals surface area contributed by atoms with Gasteiger partial charge in [0.05, 0.1) is 16.3 Å². The fourth-order valence-corrected chi connectivity index (χ4v) is 3.55. The molecule has 0 aliphatic heterocycles. The van der Waals surface area contributed by atoms with Gasteiger partial charge in [-0.05, 0) is 51.0 Å². The van der Waals surface area contributed by atoms with Gasteiger partial charge in [-0.1, -0.05) is 48.5 Å². The molecule has 3 rings (SSSR count). The van der Waals surface area contributed by atoms with Crippen molar-refractivity contribution < 1.29 is 28.8 Å². The number of nitro benzene ring substituents is 1. The molecule has 0 bridgehead atoms. The Morgan fingerprint density at radius 3 is 2.20 bits per heavy atom. The standard InChI is InChI=1S/C29H32N4O7/c1-29(2,3)40-28(36)32-24(27(35)39-19-20-10-6-4-7-11-20)16-17-26(34)31-25-18-22(33(37)38)14-15-23(25)30-21-12-8-5-9-13-21/h4-15,18,24,30H,16-17,19H2,1-3H3,(H,31,34)(H,32,36). The number of carbonyl (C=O) groups excluding carboxylic acids is 3. The van der Waals surface area contributed by atoms with Crippen molar-refractivity contribution in [3.8, 4) is 0 Å². The quantitative estimate of drug-likeness (QED) is 0.157. The topological polar surface area (TPSA) is 149 Å². The number of anilines is 3. The number of esters is 1. The highest BCUT2D eigenvalue weighted by molar-refractivity contribution is 5.96. The van der Waals surface area contributed by atoms with Gasteiger partial charge in [0.15, 0.2) is 0 Å². The van der Waals surface area contributed by atoms with Crippen molar-refractivity contribution in [2.24, 2.45) is 0 Å². The second-order valence-corrected chi connectivity index (χ2v) is 9.86. The Balaban J connectivity index is 1.70. The number of nitrogens with zero attached hydrogens (tertiary/aromatic N) is 1. The van der Waals surface area contributed by atoms with Crippen LogP contribution in [0.5, 0.6) is 0 Å². The summed E-state index contributed by atoms with van der Waals surface area (Å²) in [7, 11) is 0. The number of nitrogens with one attached hydrogen (secondary N) is 3. The first kappa shape index (κ1) is 29.6. The third-order valence-corrected chi connectivity index (χ3v) is 5.40. The van der Waals surface area contributed by atoms with Crippen LogP contribution < -0.4 is 16.0 Å². The van der Waals surface area contributed by atoms with Crippen LogP contribution in [0, 0.1) is 10.1 Å². The van der Waals surface area contributed by atoms with E-state index in [0.29, 0.717) is 5.69 Å². The molecule has 0 saturated heterocycles. The number of alkyl carbamates (subject to hydrolysis) is 1. The zero-order chi connectivity index (χ0) is 29.1. The summed E-state index contributed by atoms with van der Waals surface area (Å²) in [4.78, 5) is 48.9. The minimum Gasteiger partial charge on any atom is -0.459 e. The first-order valence-corrected chi connectivity index (χ1v) is 12.6. The third kappa shape index (κ3) is 9.75. The Bertz CT molecular complexity index is 1330. The summed E-state index contributed by atoms with van der Waals surface area (Å²) in [5, 5.41) is 19.6. The number of amides is 2. The van der Waals surface area contributed by atoms with Gasteiger partial charge in [-0.15, -0.1) is 0 Å². The van der Waals surface area contributed by atoms with E-state index in [-0.39, 0.29) is 30.8 Å². The summed E-state index contributed by atoms with van der Waals surface area (Å²) in [6, 6.07) is 21.0. The van der Waals surface area contributed by atoms with Crippen LogP contribution in [0.1, 0.15) is 39.2 Å². The molecule has 40 heavy (non-hydrogen) atoms. The lowest BCUT2D eigenvalue weighted by Gasteiger charge is -2.23. The van der Waals surface area contributed by atoms with E-state index >= 15 is 0 Å². The molecule has 0 heterocycles. The molecule has 0 aliphatic carbocycles. The maximum absolute atomic E-state index is 12.9. The van der Waals surface area contributed by atoms with Crippen LogP contribution in [-0.2, 0) is 25.7 Å². The summed E-state index contributed by atoms with van der Waals surface area (Å²) in [5.74, 6) is -1.26. The van der Waals surface area contributed by atoms with Crippen LogP contribution in [-0.4, -0.2) is 34.5 Å². The second kappa shape index (κ2) is 13.7. The van der Waals surface area contributed by atoms with Crippen LogP contribution in [0.3, 0.4) is 0 Å². The van der Waals surface area contributed by atoms with Crippen molar-refractivity contribution in [2.75, 3.05) is 10.6 Å². The van der Waals surface area contributed by atoms with E-state index in [9.17, 15) is 24.5 Å². The van der Waals surface area contributed by atoms with Gasteiger partial charge in [0.25, 0.3) is 5.69 Å². The number of carbonyl (C=O) groups is 3. The Morgan fingerprint density at radius 2 is 1.57 bits per heavy atom. The third-order valence-electron chi connectivity index (χ3n) is 5.40. The molecule has 0 aliphatic rings. The Hall–Kier alpha value is -4.93. The molecule has 0 radical (unpaired) electrons. The molecule has 0 spiro atoms. The van der Waals surface area contributed by atoms with Gasteiger partial charge in [0.2, 0.25) is 5.91 Å². The largest absolute Gasteiger partial charge is 0.459 e. The number of hydrogen-bond donors (Lipinski definition) is 3. The minimum absolute atomic E-state index is 0.0133. The van der Waals surface area contributed by atoms with Crippen molar-refractivity contribution >= 4 is 40.7 Å². The average molecular weight is 549 g/mol. The van der Waals surface area contributed by atoms with E-state index in [1.54, 1.807) is 57.2 Å². The van der Waals surface area contributed by atoms with E-state index in [1.807, 2.05) is 24.3 Å². The van der Waals surface area contributed by atoms with Gasteiger partial charge in [0.1, 0.15) is 18.2 Å². The Labute approximate surface area is 232 Å². The molecule has 0 fully saturated rings. The number of ether oxygens (including phenoxy) is 2. The van der Waals surface area contributed by atoms with Gasteiger partial charge >= 0.3 is 12.1 Å². The smallest absolute Gasteiger partial charge is 0.408 e. The highest BCUT2D eigenvalue weighted by Gasteiger charge is 2.26. The molecule has 3 N–H and O–H groups in total. The van der Waals surface area contributed by atoms with Gasteiger partial charge in [-0.3, -0.25) is 14.9 Å². The van der Waals surface area contributed by atoms with Crippen molar-refractivity contribution in [1.29, 1.82) is 0 Å². The van der Waals surface area contributed by atoms with Crippen LogP contribution in [0.2, 0.25) is 0 Å². The molecule has 1 atom stereocenters. The lowest BCUT2D eigenvalue weighted by atomic mass is 10.1. The Morgan fingerprint density at radius 1 is 0.925 bits per heavy atom. The molecule has 0 saturated carbocycles. The molecule has 11 nitrogen and oxygen atoms in total. The van der Waals surface area contributed by atoms with E-state index in [2.05, 4.69) is 16.0 Å². The van der Waals surface area contributed by atoms with E-state index in [1.165, 1.54) is 18.2 Å². The molecule has 11 heteroatoms. The summed E-state index contributed by atoms with van der Waals surface area (Å²) in [6.45, 7) is 5.04. The molecule has 1 unspecified atom stereocenters. The Kier molecular flexibility index (Phi) is 10.2. The molecule has 3 aromatic carbocycles. The molecule has 210 valence electrons. The van der Waals surface area contributed by atoms with Crippen LogP contribution in [0.25, 0.3) is 0 Å².